The van der Waals surface area contributed by atoms with Crippen LogP contribution in [0.25, 0.3) is 5.03 Å². The van der Waals surface area contributed by atoms with Crippen LogP contribution >= 0.6 is 11.6 Å². The average molecular weight is 223 g/mol. The van der Waals surface area contributed by atoms with E-state index in [0.29, 0.717) is 11.1 Å². The van der Waals surface area contributed by atoms with Crippen LogP contribution in [0.15, 0.2) is 24.3 Å². The first-order valence-corrected chi connectivity index (χ1v) is 4.44. The standard InChI is InChI=1S/C10H7ClN2O2/c1-7-6-8(13(14)15)2-3-9(7)10(11)4-5-12/h2-4,6H,1H3. The number of halogens is 1. The molecular weight excluding hydrogens is 216 g/mol. The summed E-state index contributed by atoms with van der Waals surface area (Å²) >= 11 is 5.81. The van der Waals surface area contributed by atoms with Gasteiger partial charge in [0, 0.05) is 18.2 Å². The lowest BCUT2D eigenvalue weighted by atomic mass is 10.1. The monoisotopic (exact) mass is 222 g/mol. The average Bonchev–Trinajstić information content (AvgIpc) is 2.17. The van der Waals surface area contributed by atoms with Crippen molar-refractivity contribution in [2.45, 2.75) is 6.92 Å². The van der Waals surface area contributed by atoms with Crippen LogP contribution in [0.3, 0.4) is 0 Å². The van der Waals surface area contributed by atoms with Gasteiger partial charge in [0.05, 0.1) is 16.0 Å². The zero-order valence-electron chi connectivity index (χ0n) is 7.90. The second-order valence-corrected chi connectivity index (χ2v) is 3.28. The summed E-state index contributed by atoms with van der Waals surface area (Å²) < 4.78 is 0. The first-order chi connectivity index (χ1) is 7.06. The van der Waals surface area contributed by atoms with E-state index in [-0.39, 0.29) is 10.7 Å². The number of aryl methyl sites for hydroxylation is 1. The number of allylic oxidation sites excluding steroid dienone is 1. The summed E-state index contributed by atoms with van der Waals surface area (Å²) in [6.07, 6.45) is 1.19. The lowest BCUT2D eigenvalue weighted by Crippen LogP contribution is -1.91. The molecule has 15 heavy (non-hydrogen) atoms. The fraction of sp³-hybridized carbons (Fsp3) is 0.100. The predicted octanol–water partition coefficient (Wildman–Crippen LogP) is 3.01. The Hall–Kier alpha value is -1.86. The van der Waals surface area contributed by atoms with E-state index in [4.69, 9.17) is 16.9 Å². The predicted molar refractivity (Wildman–Crippen MR) is 57.3 cm³/mol. The Bertz CT molecular complexity index is 475. The van der Waals surface area contributed by atoms with Gasteiger partial charge in [0.25, 0.3) is 5.69 Å². The van der Waals surface area contributed by atoms with Gasteiger partial charge >= 0.3 is 0 Å². The van der Waals surface area contributed by atoms with Gasteiger partial charge in [-0.05, 0) is 24.1 Å². The smallest absolute Gasteiger partial charge is 0.258 e. The van der Waals surface area contributed by atoms with Crippen LogP contribution < -0.4 is 0 Å². The molecule has 0 amide bonds. The summed E-state index contributed by atoms with van der Waals surface area (Å²) in [4.78, 5) is 9.99. The van der Waals surface area contributed by atoms with Crippen molar-refractivity contribution in [3.05, 3.63) is 45.5 Å². The number of rotatable bonds is 2. The normalized spacial score (nSPS) is 10.9. The van der Waals surface area contributed by atoms with Crippen molar-refractivity contribution in [3.8, 4) is 6.07 Å². The van der Waals surface area contributed by atoms with Crippen molar-refractivity contribution in [2.75, 3.05) is 0 Å². The molecule has 0 N–H and O–H groups in total. The van der Waals surface area contributed by atoms with E-state index in [9.17, 15) is 10.1 Å². The second kappa shape index (κ2) is 4.58. The molecule has 0 unspecified atom stereocenters. The lowest BCUT2D eigenvalue weighted by Gasteiger charge is -2.02. The molecule has 4 nitrogen and oxygen atoms in total. The van der Waals surface area contributed by atoms with Crippen molar-refractivity contribution in [3.63, 3.8) is 0 Å². The molecule has 0 spiro atoms. The number of hydrogen-bond donors (Lipinski definition) is 0. The molecule has 0 aliphatic heterocycles. The number of nitro benzene ring substituents is 1. The molecule has 0 aliphatic rings. The quantitative estimate of drug-likeness (QED) is 0.439. The third kappa shape index (κ3) is 2.55. The van der Waals surface area contributed by atoms with Crippen molar-refractivity contribution >= 4 is 22.3 Å². The van der Waals surface area contributed by atoms with Gasteiger partial charge in [0.15, 0.2) is 0 Å². The van der Waals surface area contributed by atoms with Crippen LogP contribution in [0.1, 0.15) is 11.1 Å². The number of benzene rings is 1. The number of nitro groups is 1. The Balaban J connectivity index is 3.21. The summed E-state index contributed by atoms with van der Waals surface area (Å²) in [5, 5.41) is 19.2. The minimum Gasteiger partial charge on any atom is -0.258 e. The molecule has 1 rings (SSSR count). The van der Waals surface area contributed by atoms with Crippen molar-refractivity contribution in [1.82, 2.24) is 0 Å². The molecule has 0 saturated heterocycles. The molecule has 1 aromatic carbocycles. The highest BCUT2D eigenvalue weighted by atomic mass is 35.5. The molecule has 0 heterocycles. The van der Waals surface area contributed by atoms with E-state index in [1.165, 1.54) is 24.3 Å². The van der Waals surface area contributed by atoms with Crippen molar-refractivity contribution in [2.24, 2.45) is 0 Å². The van der Waals surface area contributed by atoms with Crippen LogP contribution in [-0.2, 0) is 0 Å². The van der Waals surface area contributed by atoms with E-state index in [2.05, 4.69) is 0 Å². The summed E-state index contributed by atoms with van der Waals surface area (Å²) in [6.45, 7) is 1.70. The number of hydrogen-bond acceptors (Lipinski definition) is 3. The van der Waals surface area contributed by atoms with E-state index in [0.717, 1.165) is 0 Å². The first kappa shape index (κ1) is 11.2. The lowest BCUT2D eigenvalue weighted by molar-refractivity contribution is -0.384. The molecule has 0 radical (unpaired) electrons. The van der Waals surface area contributed by atoms with E-state index in [1.807, 2.05) is 0 Å². The van der Waals surface area contributed by atoms with Gasteiger partial charge < -0.3 is 0 Å². The highest BCUT2D eigenvalue weighted by Gasteiger charge is 2.09. The molecule has 0 saturated carbocycles. The molecular formula is C10H7ClN2O2. The van der Waals surface area contributed by atoms with Crippen molar-refractivity contribution < 1.29 is 4.92 Å². The summed E-state index contributed by atoms with van der Waals surface area (Å²) in [7, 11) is 0. The fourth-order valence-electron chi connectivity index (χ4n) is 1.16. The zero-order chi connectivity index (χ0) is 11.4. The van der Waals surface area contributed by atoms with Crippen LogP contribution in [0.4, 0.5) is 5.69 Å². The highest BCUT2D eigenvalue weighted by Crippen LogP contribution is 2.25. The highest BCUT2D eigenvalue weighted by molar-refractivity contribution is 6.49. The van der Waals surface area contributed by atoms with E-state index in [1.54, 1.807) is 13.0 Å². The largest absolute Gasteiger partial charge is 0.269 e. The Morgan fingerprint density at radius 1 is 1.67 bits per heavy atom. The summed E-state index contributed by atoms with van der Waals surface area (Å²) in [5.74, 6) is 0. The molecule has 1 aromatic rings. The third-order valence-electron chi connectivity index (χ3n) is 1.87. The molecule has 0 atom stereocenters. The van der Waals surface area contributed by atoms with Crippen LogP contribution in [0.5, 0.6) is 0 Å². The van der Waals surface area contributed by atoms with E-state index < -0.39 is 4.92 Å². The molecule has 76 valence electrons. The maximum atomic E-state index is 10.5. The minimum absolute atomic E-state index is 0.0117. The van der Waals surface area contributed by atoms with Gasteiger partial charge in [0.1, 0.15) is 0 Å². The Morgan fingerprint density at radius 2 is 2.33 bits per heavy atom. The Kier molecular flexibility index (Phi) is 3.42. The van der Waals surface area contributed by atoms with Gasteiger partial charge in [-0.1, -0.05) is 11.6 Å². The summed E-state index contributed by atoms with van der Waals surface area (Å²) in [5.41, 5.74) is 1.31. The van der Waals surface area contributed by atoms with Gasteiger partial charge in [-0.15, -0.1) is 0 Å². The van der Waals surface area contributed by atoms with Gasteiger partial charge in [-0.25, -0.2) is 0 Å². The number of non-ortho nitro benzene ring substituents is 1. The SMILES string of the molecule is Cc1cc([N+](=O)[O-])ccc1C(Cl)=CC#N. The van der Waals surface area contributed by atoms with Gasteiger partial charge in [0.2, 0.25) is 0 Å². The van der Waals surface area contributed by atoms with Crippen molar-refractivity contribution in [1.29, 1.82) is 5.26 Å². The maximum absolute atomic E-state index is 10.5. The van der Waals surface area contributed by atoms with Gasteiger partial charge in [-0.3, -0.25) is 10.1 Å². The molecule has 0 aliphatic carbocycles. The maximum Gasteiger partial charge on any atom is 0.269 e. The van der Waals surface area contributed by atoms with Gasteiger partial charge in [-0.2, -0.15) is 5.26 Å². The number of nitrogens with zero attached hydrogens (tertiary/aromatic N) is 2. The zero-order valence-corrected chi connectivity index (χ0v) is 8.65. The Labute approximate surface area is 91.6 Å². The topological polar surface area (TPSA) is 66.9 Å². The second-order valence-electron chi connectivity index (χ2n) is 2.88. The Morgan fingerprint density at radius 3 is 2.80 bits per heavy atom. The summed E-state index contributed by atoms with van der Waals surface area (Å²) in [6, 6.07) is 6.11. The van der Waals surface area contributed by atoms with E-state index >= 15 is 0 Å². The minimum atomic E-state index is -0.474. The first-order valence-electron chi connectivity index (χ1n) is 4.07. The number of nitriles is 1. The molecule has 0 aromatic heterocycles. The molecule has 0 fully saturated rings. The van der Waals surface area contributed by atoms with Crippen LogP contribution in [0, 0.1) is 28.4 Å². The fourth-order valence-corrected chi connectivity index (χ4v) is 1.42. The molecule has 0 bridgehead atoms. The van der Waals surface area contributed by atoms with Crippen LogP contribution in [-0.4, -0.2) is 4.92 Å². The third-order valence-corrected chi connectivity index (χ3v) is 2.18. The molecule has 5 heteroatoms. The van der Waals surface area contributed by atoms with Crippen LogP contribution in [0.2, 0.25) is 0 Å².